The molecule has 1 aromatic heterocycles. The standard InChI is InChI=1S/C10H17F3N4O/c1-4-5-14-7(2)8-15-16-9(18-8)17(3)6-10(11,12)13/h7,14H,4-6H2,1-3H3. The van der Waals surface area contributed by atoms with Gasteiger partial charge in [-0.25, -0.2) is 0 Å². The second-order valence-corrected chi connectivity index (χ2v) is 4.07. The molecule has 104 valence electrons. The van der Waals surface area contributed by atoms with Gasteiger partial charge in [-0.2, -0.15) is 13.2 Å². The van der Waals surface area contributed by atoms with E-state index in [2.05, 4.69) is 15.5 Å². The molecule has 18 heavy (non-hydrogen) atoms. The number of nitrogens with one attached hydrogen (secondary N) is 1. The molecule has 0 radical (unpaired) electrons. The molecular weight excluding hydrogens is 249 g/mol. The first-order valence-electron chi connectivity index (χ1n) is 5.68. The van der Waals surface area contributed by atoms with Crippen LogP contribution in [0.4, 0.5) is 19.2 Å². The average molecular weight is 266 g/mol. The maximum Gasteiger partial charge on any atom is 0.406 e. The Morgan fingerprint density at radius 1 is 1.39 bits per heavy atom. The SMILES string of the molecule is CCCNC(C)c1nnc(N(C)CC(F)(F)F)o1. The lowest BCUT2D eigenvalue weighted by atomic mass is 10.3. The van der Waals surface area contributed by atoms with Crippen molar-refractivity contribution >= 4 is 6.01 Å². The number of rotatable bonds is 6. The number of anilines is 1. The quantitative estimate of drug-likeness (QED) is 0.854. The van der Waals surface area contributed by atoms with E-state index in [0.29, 0.717) is 0 Å². The van der Waals surface area contributed by atoms with Gasteiger partial charge in [-0.3, -0.25) is 0 Å². The highest BCUT2D eigenvalue weighted by Crippen LogP contribution is 2.21. The predicted molar refractivity (Wildman–Crippen MR) is 60.3 cm³/mol. The van der Waals surface area contributed by atoms with Crippen LogP contribution in [-0.4, -0.2) is 36.5 Å². The smallest absolute Gasteiger partial charge is 0.406 e. The van der Waals surface area contributed by atoms with Gasteiger partial charge in [0.05, 0.1) is 6.04 Å². The Hall–Kier alpha value is -1.31. The zero-order chi connectivity index (χ0) is 13.8. The molecule has 1 N–H and O–H groups in total. The van der Waals surface area contributed by atoms with Crippen LogP contribution in [0, 0.1) is 0 Å². The Bertz CT molecular complexity index is 366. The van der Waals surface area contributed by atoms with Crippen LogP contribution in [0.3, 0.4) is 0 Å². The van der Waals surface area contributed by atoms with Gasteiger partial charge in [0.1, 0.15) is 6.54 Å². The molecule has 0 bridgehead atoms. The third-order valence-corrected chi connectivity index (χ3v) is 2.24. The maximum atomic E-state index is 12.2. The lowest BCUT2D eigenvalue weighted by molar-refractivity contribution is -0.119. The molecule has 0 saturated carbocycles. The topological polar surface area (TPSA) is 54.2 Å². The van der Waals surface area contributed by atoms with Gasteiger partial charge in [-0.05, 0) is 19.9 Å². The van der Waals surface area contributed by atoms with Crippen LogP contribution in [0.5, 0.6) is 0 Å². The highest BCUT2D eigenvalue weighted by Gasteiger charge is 2.31. The lowest BCUT2D eigenvalue weighted by Gasteiger charge is -2.15. The van der Waals surface area contributed by atoms with Crippen LogP contribution in [0.2, 0.25) is 0 Å². The number of hydrogen-bond acceptors (Lipinski definition) is 5. The van der Waals surface area contributed by atoms with Crippen LogP contribution in [0.25, 0.3) is 0 Å². The summed E-state index contributed by atoms with van der Waals surface area (Å²) in [6.07, 6.45) is -3.35. The Morgan fingerprint density at radius 2 is 2.06 bits per heavy atom. The zero-order valence-electron chi connectivity index (χ0n) is 10.6. The summed E-state index contributed by atoms with van der Waals surface area (Å²) in [5.74, 6) is 0.285. The van der Waals surface area contributed by atoms with Crippen LogP contribution >= 0.6 is 0 Å². The number of aromatic nitrogens is 2. The van der Waals surface area contributed by atoms with Gasteiger partial charge in [0, 0.05) is 7.05 Å². The lowest BCUT2D eigenvalue weighted by Crippen LogP contribution is -2.31. The summed E-state index contributed by atoms with van der Waals surface area (Å²) in [6.45, 7) is 3.48. The molecule has 0 saturated heterocycles. The third kappa shape index (κ3) is 4.52. The van der Waals surface area contributed by atoms with E-state index in [1.807, 2.05) is 13.8 Å². The molecule has 0 aliphatic carbocycles. The van der Waals surface area contributed by atoms with Crippen molar-refractivity contribution in [3.63, 3.8) is 0 Å². The van der Waals surface area contributed by atoms with Gasteiger partial charge >= 0.3 is 12.2 Å². The molecule has 1 heterocycles. The number of alkyl halides is 3. The fourth-order valence-corrected chi connectivity index (χ4v) is 1.34. The van der Waals surface area contributed by atoms with Crippen LogP contribution in [0.15, 0.2) is 4.42 Å². The Morgan fingerprint density at radius 3 is 2.61 bits per heavy atom. The predicted octanol–water partition coefficient (Wildman–Crippen LogP) is 2.13. The van der Waals surface area contributed by atoms with Gasteiger partial charge < -0.3 is 14.6 Å². The van der Waals surface area contributed by atoms with Gasteiger partial charge in [-0.1, -0.05) is 12.0 Å². The molecule has 1 aromatic rings. The van der Waals surface area contributed by atoms with Crippen LogP contribution in [-0.2, 0) is 0 Å². The van der Waals surface area contributed by atoms with Crippen molar-refractivity contribution in [1.82, 2.24) is 15.5 Å². The van der Waals surface area contributed by atoms with Gasteiger partial charge in [-0.15, -0.1) is 5.10 Å². The molecule has 0 spiro atoms. The molecule has 0 aliphatic heterocycles. The highest BCUT2D eigenvalue weighted by atomic mass is 19.4. The molecular formula is C10H17F3N4O. The highest BCUT2D eigenvalue weighted by molar-refractivity contribution is 5.22. The summed E-state index contributed by atoms with van der Waals surface area (Å²) in [7, 11) is 1.26. The molecule has 8 heteroatoms. The minimum absolute atomic E-state index is 0.132. The summed E-state index contributed by atoms with van der Waals surface area (Å²) < 4.78 is 41.7. The van der Waals surface area contributed by atoms with E-state index in [0.717, 1.165) is 17.9 Å². The largest absolute Gasteiger partial charge is 0.406 e. The fraction of sp³-hybridized carbons (Fsp3) is 0.800. The molecule has 1 atom stereocenters. The fourth-order valence-electron chi connectivity index (χ4n) is 1.34. The van der Waals surface area contributed by atoms with E-state index >= 15 is 0 Å². The van der Waals surface area contributed by atoms with Crippen LogP contribution < -0.4 is 10.2 Å². The summed E-state index contributed by atoms with van der Waals surface area (Å²) >= 11 is 0. The van der Waals surface area contributed by atoms with E-state index < -0.39 is 12.7 Å². The maximum absolute atomic E-state index is 12.2. The first-order chi connectivity index (χ1) is 8.33. The average Bonchev–Trinajstić information content (AvgIpc) is 2.72. The molecule has 1 rings (SSSR count). The molecule has 0 fully saturated rings. The molecule has 5 nitrogen and oxygen atoms in total. The molecule has 0 aromatic carbocycles. The van der Waals surface area contributed by atoms with Crippen molar-refractivity contribution in [1.29, 1.82) is 0 Å². The van der Waals surface area contributed by atoms with E-state index in [9.17, 15) is 13.2 Å². The first kappa shape index (κ1) is 14.7. The summed E-state index contributed by atoms with van der Waals surface area (Å²) in [6, 6.07) is -0.307. The van der Waals surface area contributed by atoms with E-state index in [1.165, 1.54) is 7.05 Å². The van der Waals surface area contributed by atoms with Crippen molar-refractivity contribution < 1.29 is 17.6 Å². The summed E-state index contributed by atoms with van der Waals surface area (Å²) in [5.41, 5.74) is 0. The monoisotopic (exact) mass is 266 g/mol. The normalized spacial score (nSPS) is 13.7. The number of hydrogen-bond donors (Lipinski definition) is 1. The minimum atomic E-state index is -4.30. The Balaban J connectivity index is 2.62. The zero-order valence-corrected chi connectivity index (χ0v) is 10.6. The van der Waals surface area contributed by atoms with Gasteiger partial charge in [0.25, 0.3) is 0 Å². The number of halogens is 3. The second-order valence-electron chi connectivity index (χ2n) is 4.07. The van der Waals surface area contributed by atoms with Crippen molar-refractivity contribution in [3.8, 4) is 0 Å². The second kappa shape index (κ2) is 6.03. The number of nitrogens with zero attached hydrogens (tertiary/aromatic N) is 3. The molecule has 0 amide bonds. The Kier molecular flexibility index (Phi) is 4.94. The summed E-state index contributed by atoms with van der Waals surface area (Å²) in [5, 5.41) is 10.4. The van der Waals surface area contributed by atoms with Crippen molar-refractivity contribution in [2.24, 2.45) is 0 Å². The molecule has 1 unspecified atom stereocenters. The third-order valence-electron chi connectivity index (χ3n) is 2.24. The van der Waals surface area contributed by atoms with Crippen molar-refractivity contribution in [2.45, 2.75) is 32.5 Å². The molecule has 0 aliphatic rings. The minimum Gasteiger partial charge on any atom is -0.406 e. The van der Waals surface area contributed by atoms with Crippen molar-refractivity contribution in [2.75, 3.05) is 25.0 Å². The van der Waals surface area contributed by atoms with E-state index in [4.69, 9.17) is 4.42 Å². The summed E-state index contributed by atoms with van der Waals surface area (Å²) in [4.78, 5) is 0.878. The van der Waals surface area contributed by atoms with Gasteiger partial charge in [0.2, 0.25) is 5.89 Å². The first-order valence-corrected chi connectivity index (χ1v) is 5.68. The van der Waals surface area contributed by atoms with E-state index in [-0.39, 0.29) is 17.9 Å². The Labute approximate surface area is 103 Å². The van der Waals surface area contributed by atoms with Crippen LogP contribution in [0.1, 0.15) is 32.2 Å². The van der Waals surface area contributed by atoms with Gasteiger partial charge in [0.15, 0.2) is 0 Å². The van der Waals surface area contributed by atoms with E-state index in [1.54, 1.807) is 0 Å². The van der Waals surface area contributed by atoms with Crippen molar-refractivity contribution in [3.05, 3.63) is 5.89 Å².